The van der Waals surface area contributed by atoms with Gasteiger partial charge in [-0.3, -0.25) is 0 Å². The molecule has 0 spiro atoms. The van der Waals surface area contributed by atoms with Gasteiger partial charge in [0.15, 0.2) is 5.69 Å². The molecule has 1 aromatic carbocycles. The van der Waals surface area contributed by atoms with E-state index in [9.17, 15) is 9.59 Å². The molecular weight excluding hydrogens is 320 g/mol. The molecule has 0 atom stereocenters. The van der Waals surface area contributed by atoms with E-state index >= 15 is 0 Å². The van der Waals surface area contributed by atoms with Crippen LogP contribution in [0.15, 0.2) is 42.6 Å². The maximum Gasteiger partial charge on any atom is 0.407 e. The molecule has 0 saturated heterocycles. The van der Waals surface area contributed by atoms with Gasteiger partial charge in [-0.05, 0) is 24.1 Å². The van der Waals surface area contributed by atoms with Crippen LogP contribution in [0.5, 0.6) is 0 Å². The van der Waals surface area contributed by atoms with Crippen molar-refractivity contribution in [1.29, 1.82) is 0 Å². The smallest absolute Gasteiger partial charge is 0.407 e. The van der Waals surface area contributed by atoms with Crippen LogP contribution in [0.25, 0.3) is 0 Å². The summed E-state index contributed by atoms with van der Waals surface area (Å²) in [5.74, 6) is 4.72. The number of nitrogens with zero attached hydrogens (tertiary/aromatic N) is 1. The van der Waals surface area contributed by atoms with Crippen LogP contribution in [-0.4, -0.2) is 28.7 Å². The van der Waals surface area contributed by atoms with Crippen LogP contribution in [0.1, 0.15) is 33.6 Å². The predicted octanol–water partition coefficient (Wildman–Crippen LogP) is 2.76. The molecule has 0 saturated carbocycles. The van der Waals surface area contributed by atoms with Gasteiger partial charge in [-0.1, -0.05) is 42.2 Å². The maximum atomic E-state index is 11.5. The molecule has 0 aliphatic heterocycles. The summed E-state index contributed by atoms with van der Waals surface area (Å²) in [7, 11) is 0. The summed E-state index contributed by atoms with van der Waals surface area (Å²) in [5.41, 5.74) is 2.13. The summed E-state index contributed by atoms with van der Waals surface area (Å²) in [6.45, 7) is 2.26. The Kier molecular flexibility index (Phi) is 6.55. The van der Waals surface area contributed by atoms with Crippen LogP contribution in [0.3, 0.4) is 0 Å². The van der Waals surface area contributed by atoms with E-state index in [1.165, 1.54) is 6.20 Å². The van der Waals surface area contributed by atoms with Crippen molar-refractivity contribution in [3.05, 3.63) is 65.0 Å². The van der Waals surface area contributed by atoms with E-state index in [0.717, 1.165) is 5.56 Å². The van der Waals surface area contributed by atoms with Crippen molar-refractivity contribution in [2.24, 2.45) is 0 Å². The Morgan fingerprint density at radius 3 is 2.72 bits per heavy atom. The van der Waals surface area contributed by atoms with E-state index in [1.54, 1.807) is 13.0 Å². The highest BCUT2D eigenvalue weighted by atomic mass is 16.5. The standard InChI is InChI=1S/C19H18N2O4/c1-14-11-16(12-21-17(14)18(22)23)9-5-6-10-20-19(24)25-13-15-7-3-2-4-8-15/h2-4,7-8,11-12H,6,10,13H2,1H3,(H,20,24)(H,22,23). The fourth-order valence-corrected chi connectivity index (χ4v) is 2.03. The third-order valence-corrected chi connectivity index (χ3v) is 3.25. The average molecular weight is 338 g/mol. The number of carboxylic acid groups (broad SMARTS) is 1. The SMILES string of the molecule is Cc1cc(C#CCCNC(=O)OCc2ccccc2)cnc1C(=O)O. The lowest BCUT2D eigenvalue weighted by Crippen LogP contribution is -2.24. The van der Waals surface area contributed by atoms with E-state index in [4.69, 9.17) is 9.84 Å². The van der Waals surface area contributed by atoms with Gasteiger partial charge in [-0.25, -0.2) is 14.6 Å². The largest absolute Gasteiger partial charge is 0.477 e. The van der Waals surface area contributed by atoms with Gasteiger partial charge in [0.2, 0.25) is 0 Å². The molecule has 25 heavy (non-hydrogen) atoms. The number of amides is 1. The molecule has 0 unspecified atom stereocenters. The Labute approximate surface area is 145 Å². The molecule has 2 N–H and O–H groups in total. The molecule has 1 aromatic heterocycles. The van der Waals surface area contributed by atoms with E-state index in [-0.39, 0.29) is 12.3 Å². The van der Waals surface area contributed by atoms with Gasteiger partial charge in [0.1, 0.15) is 6.61 Å². The number of carboxylic acids is 1. The van der Waals surface area contributed by atoms with Crippen molar-refractivity contribution in [2.75, 3.05) is 6.54 Å². The van der Waals surface area contributed by atoms with Crippen molar-refractivity contribution >= 4 is 12.1 Å². The summed E-state index contributed by atoms with van der Waals surface area (Å²) >= 11 is 0. The Morgan fingerprint density at radius 2 is 2.04 bits per heavy atom. The number of pyridine rings is 1. The van der Waals surface area contributed by atoms with Crippen molar-refractivity contribution in [3.63, 3.8) is 0 Å². The first-order valence-corrected chi connectivity index (χ1v) is 7.69. The number of aryl methyl sites for hydroxylation is 1. The second-order valence-corrected chi connectivity index (χ2v) is 5.23. The molecule has 0 radical (unpaired) electrons. The summed E-state index contributed by atoms with van der Waals surface area (Å²) in [5, 5.41) is 11.5. The number of aromatic carboxylic acids is 1. The van der Waals surface area contributed by atoms with E-state index in [1.807, 2.05) is 30.3 Å². The third-order valence-electron chi connectivity index (χ3n) is 3.25. The Bertz CT molecular complexity index is 807. The summed E-state index contributed by atoms with van der Waals surface area (Å²) in [6, 6.07) is 11.1. The highest BCUT2D eigenvalue weighted by Gasteiger charge is 2.08. The van der Waals surface area contributed by atoms with Crippen LogP contribution < -0.4 is 5.32 Å². The zero-order valence-corrected chi connectivity index (χ0v) is 13.8. The first-order valence-electron chi connectivity index (χ1n) is 7.69. The lowest BCUT2D eigenvalue weighted by atomic mass is 10.1. The quantitative estimate of drug-likeness (QED) is 0.646. The minimum Gasteiger partial charge on any atom is -0.477 e. The lowest BCUT2D eigenvalue weighted by Gasteiger charge is -2.05. The molecule has 2 aromatic rings. The average Bonchev–Trinajstić information content (AvgIpc) is 2.60. The number of alkyl carbamates (subject to hydrolysis) is 1. The van der Waals surface area contributed by atoms with Crippen molar-refractivity contribution < 1.29 is 19.4 Å². The van der Waals surface area contributed by atoms with Gasteiger partial charge in [0.05, 0.1) is 0 Å². The molecule has 1 amide bonds. The fourth-order valence-electron chi connectivity index (χ4n) is 2.03. The maximum absolute atomic E-state index is 11.5. The Morgan fingerprint density at radius 1 is 1.28 bits per heavy atom. The molecular formula is C19H18N2O4. The van der Waals surface area contributed by atoms with E-state index in [0.29, 0.717) is 24.1 Å². The molecule has 1 heterocycles. The number of hydrogen-bond acceptors (Lipinski definition) is 4. The molecule has 0 bridgehead atoms. The van der Waals surface area contributed by atoms with Gasteiger partial charge in [-0.2, -0.15) is 0 Å². The minimum absolute atomic E-state index is 0.0216. The summed E-state index contributed by atoms with van der Waals surface area (Å²) < 4.78 is 5.08. The topological polar surface area (TPSA) is 88.5 Å². The number of ether oxygens (including phenoxy) is 1. The zero-order chi connectivity index (χ0) is 18.1. The summed E-state index contributed by atoms with van der Waals surface area (Å²) in [6.07, 6.45) is 1.37. The number of carbonyl (C=O) groups is 2. The first-order chi connectivity index (χ1) is 12.1. The van der Waals surface area contributed by atoms with Crippen LogP contribution >= 0.6 is 0 Å². The highest BCUT2D eigenvalue weighted by Crippen LogP contribution is 2.06. The third kappa shape index (κ3) is 5.99. The lowest BCUT2D eigenvalue weighted by molar-refractivity contribution is 0.0689. The number of nitrogens with one attached hydrogen (secondary N) is 1. The van der Waals surface area contributed by atoms with Crippen LogP contribution in [0.4, 0.5) is 4.79 Å². The predicted molar refractivity (Wildman–Crippen MR) is 92.1 cm³/mol. The molecule has 2 rings (SSSR count). The molecule has 6 heteroatoms. The van der Waals surface area contributed by atoms with Crippen LogP contribution in [-0.2, 0) is 11.3 Å². The highest BCUT2D eigenvalue weighted by molar-refractivity contribution is 5.87. The van der Waals surface area contributed by atoms with E-state index in [2.05, 4.69) is 22.1 Å². The van der Waals surface area contributed by atoms with E-state index < -0.39 is 12.1 Å². The van der Waals surface area contributed by atoms with Gasteiger partial charge in [0, 0.05) is 24.7 Å². The molecule has 0 aliphatic rings. The first kappa shape index (κ1) is 18.0. The van der Waals surface area contributed by atoms with Gasteiger partial charge < -0.3 is 15.2 Å². The number of carbonyl (C=O) groups excluding carboxylic acids is 1. The number of benzene rings is 1. The van der Waals surface area contributed by atoms with Crippen LogP contribution in [0, 0.1) is 18.8 Å². The van der Waals surface area contributed by atoms with Crippen molar-refractivity contribution in [1.82, 2.24) is 10.3 Å². The molecule has 0 aliphatic carbocycles. The Balaban J connectivity index is 1.72. The Hall–Kier alpha value is -3.33. The summed E-state index contributed by atoms with van der Waals surface area (Å²) in [4.78, 5) is 26.3. The van der Waals surface area contributed by atoms with Gasteiger partial charge in [0.25, 0.3) is 0 Å². The minimum atomic E-state index is -1.06. The molecule has 0 fully saturated rings. The molecule has 128 valence electrons. The number of aromatic nitrogens is 1. The van der Waals surface area contributed by atoms with Gasteiger partial charge in [-0.15, -0.1) is 0 Å². The monoisotopic (exact) mass is 338 g/mol. The number of hydrogen-bond donors (Lipinski definition) is 2. The number of rotatable bonds is 5. The second-order valence-electron chi connectivity index (χ2n) is 5.23. The fraction of sp³-hybridized carbons (Fsp3) is 0.211. The van der Waals surface area contributed by atoms with Crippen molar-refractivity contribution in [2.45, 2.75) is 20.0 Å². The van der Waals surface area contributed by atoms with Crippen LogP contribution in [0.2, 0.25) is 0 Å². The zero-order valence-electron chi connectivity index (χ0n) is 13.8. The van der Waals surface area contributed by atoms with Gasteiger partial charge >= 0.3 is 12.1 Å². The second kappa shape index (κ2) is 9.08. The normalized spacial score (nSPS) is 9.64. The van der Waals surface area contributed by atoms with Crippen molar-refractivity contribution in [3.8, 4) is 11.8 Å². The molecule has 6 nitrogen and oxygen atoms in total.